The SMILES string of the molecule is CNc1ccc([N+](=O)[O-])c(N2CCC(NC(=O)OC)C2)n1. The van der Waals surface area contributed by atoms with Crippen LogP contribution in [0.2, 0.25) is 0 Å². The molecular formula is C12H17N5O4. The van der Waals surface area contributed by atoms with Gasteiger partial charge in [0.25, 0.3) is 0 Å². The average Bonchev–Trinajstić information content (AvgIpc) is 2.94. The maximum atomic E-state index is 11.2. The van der Waals surface area contributed by atoms with E-state index in [0.717, 1.165) is 0 Å². The summed E-state index contributed by atoms with van der Waals surface area (Å²) in [7, 11) is 2.99. The molecule has 2 heterocycles. The molecule has 1 aliphatic rings. The smallest absolute Gasteiger partial charge is 0.407 e. The largest absolute Gasteiger partial charge is 0.453 e. The second kappa shape index (κ2) is 6.25. The van der Waals surface area contributed by atoms with Crippen molar-refractivity contribution in [1.82, 2.24) is 10.3 Å². The number of anilines is 2. The van der Waals surface area contributed by atoms with Gasteiger partial charge in [0.1, 0.15) is 5.82 Å². The Morgan fingerprint density at radius 3 is 2.95 bits per heavy atom. The molecule has 2 rings (SSSR count). The number of hydrogen-bond donors (Lipinski definition) is 2. The fraction of sp³-hybridized carbons (Fsp3) is 0.500. The second-order valence-corrected chi connectivity index (χ2v) is 4.61. The number of alkyl carbamates (subject to hydrolysis) is 1. The second-order valence-electron chi connectivity index (χ2n) is 4.61. The molecule has 2 N–H and O–H groups in total. The quantitative estimate of drug-likeness (QED) is 0.629. The molecule has 0 saturated carbocycles. The molecule has 1 fully saturated rings. The molecule has 9 nitrogen and oxygen atoms in total. The van der Waals surface area contributed by atoms with Gasteiger partial charge in [0, 0.05) is 26.2 Å². The lowest BCUT2D eigenvalue weighted by molar-refractivity contribution is -0.384. The van der Waals surface area contributed by atoms with E-state index in [4.69, 9.17) is 0 Å². The Morgan fingerprint density at radius 2 is 2.33 bits per heavy atom. The van der Waals surface area contributed by atoms with Gasteiger partial charge in [-0.15, -0.1) is 0 Å². The molecule has 0 bridgehead atoms. The predicted octanol–water partition coefficient (Wildman–Crippen LogP) is 0.966. The van der Waals surface area contributed by atoms with Crippen LogP contribution in [0.15, 0.2) is 12.1 Å². The van der Waals surface area contributed by atoms with Crippen molar-refractivity contribution in [3.05, 3.63) is 22.2 Å². The van der Waals surface area contributed by atoms with E-state index in [2.05, 4.69) is 20.4 Å². The van der Waals surface area contributed by atoms with Crippen LogP contribution < -0.4 is 15.5 Å². The van der Waals surface area contributed by atoms with Crippen molar-refractivity contribution >= 4 is 23.4 Å². The van der Waals surface area contributed by atoms with Crippen molar-refractivity contribution in [2.75, 3.05) is 37.5 Å². The Bertz CT molecular complexity index is 550. The van der Waals surface area contributed by atoms with Crippen LogP contribution in [-0.2, 0) is 4.74 Å². The lowest BCUT2D eigenvalue weighted by Crippen LogP contribution is -2.37. The Balaban J connectivity index is 2.18. The lowest BCUT2D eigenvalue weighted by atomic mass is 10.3. The monoisotopic (exact) mass is 295 g/mol. The van der Waals surface area contributed by atoms with Crippen molar-refractivity contribution in [3.63, 3.8) is 0 Å². The standard InChI is InChI=1S/C12H17N5O4/c1-13-10-4-3-9(17(19)20)11(15-10)16-6-5-8(7-16)14-12(18)21-2/h3-4,8H,5-7H2,1-2H3,(H,13,15)(H,14,18). The van der Waals surface area contributed by atoms with Gasteiger partial charge < -0.3 is 20.3 Å². The van der Waals surface area contributed by atoms with Gasteiger partial charge >= 0.3 is 11.8 Å². The van der Waals surface area contributed by atoms with Gasteiger partial charge in [0.15, 0.2) is 0 Å². The Labute approximate surface area is 121 Å². The zero-order chi connectivity index (χ0) is 15.4. The summed E-state index contributed by atoms with van der Waals surface area (Å²) in [5, 5.41) is 16.7. The maximum Gasteiger partial charge on any atom is 0.407 e. The highest BCUT2D eigenvalue weighted by molar-refractivity contribution is 5.68. The van der Waals surface area contributed by atoms with Gasteiger partial charge in [0.2, 0.25) is 5.82 Å². The van der Waals surface area contributed by atoms with Crippen LogP contribution in [0.3, 0.4) is 0 Å². The minimum Gasteiger partial charge on any atom is -0.453 e. The molecule has 1 atom stereocenters. The van der Waals surface area contributed by atoms with Crippen molar-refractivity contribution < 1.29 is 14.5 Å². The summed E-state index contributed by atoms with van der Waals surface area (Å²) < 4.78 is 4.55. The first-order valence-corrected chi connectivity index (χ1v) is 6.47. The molecule has 0 radical (unpaired) electrons. The van der Waals surface area contributed by atoms with E-state index in [9.17, 15) is 14.9 Å². The average molecular weight is 295 g/mol. The molecule has 21 heavy (non-hydrogen) atoms. The molecule has 114 valence electrons. The highest BCUT2D eigenvalue weighted by Gasteiger charge is 2.30. The summed E-state index contributed by atoms with van der Waals surface area (Å²) in [6.07, 6.45) is 0.172. The van der Waals surface area contributed by atoms with Gasteiger partial charge in [-0.2, -0.15) is 0 Å². The number of nitrogens with one attached hydrogen (secondary N) is 2. The normalized spacial score (nSPS) is 17.4. The minimum absolute atomic E-state index is 0.0484. The topological polar surface area (TPSA) is 110 Å². The molecule has 1 unspecified atom stereocenters. The number of carbonyl (C=O) groups excluding carboxylic acids is 1. The molecule has 9 heteroatoms. The van der Waals surface area contributed by atoms with E-state index in [1.807, 2.05) is 0 Å². The number of carbonyl (C=O) groups is 1. The van der Waals surface area contributed by atoms with Crippen molar-refractivity contribution in [2.24, 2.45) is 0 Å². The number of methoxy groups -OCH3 is 1. The Kier molecular flexibility index (Phi) is 4.41. The van der Waals surface area contributed by atoms with Gasteiger partial charge in [0.05, 0.1) is 18.1 Å². The lowest BCUT2D eigenvalue weighted by Gasteiger charge is -2.18. The summed E-state index contributed by atoms with van der Waals surface area (Å²) in [5.74, 6) is 0.862. The number of hydrogen-bond acceptors (Lipinski definition) is 7. The molecular weight excluding hydrogens is 278 g/mol. The molecule has 0 spiro atoms. The first-order valence-electron chi connectivity index (χ1n) is 6.47. The van der Waals surface area contributed by atoms with Crippen molar-refractivity contribution in [1.29, 1.82) is 0 Å². The third kappa shape index (κ3) is 3.30. The number of ether oxygens (including phenoxy) is 1. The number of aromatic nitrogens is 1. The predicted molar refractivity (Wildman–Crippen MR) is 76.6 cm³/mol. The molecule has 1 aromatic rings. The van der Waals surface area contributed by atoms with Crippen LogP contribution in [0, 0.1) is 10.1 Å². The van der Waals surface area contributed by atoms with E-state index in [-0.39, 0.29) is 11.7 Å². The van der Waals surface area contributed by atoms with E-state index < -0.39 is 11.0 Å². The molecule has 0 aliphatic carbocycles. The number of amides is 1. The summed E-state index contributed by atoms with van der Waals surface area (Å²) in [6.45, 7) is 1.03. The van der Waals surface area contributed by atoms with Crippen LogP contribution >= 0.6 is 0 Å². The Hall–Kier alpha value is -2.58. The molecule has 1 saturated heterocycles. The van der Waals surface area contributed by atoms with E-state index >= 15 is 0 Å². The molecule has 1 aliphatic heterocycles. The summed E-state index contributed by atoms with van der Waals surface area (Å²) in [5.41, 5.74) is -0.0484. The number of pyridine rings is 1. The zero-order valence-electron chi connectivity index (χ0n) is 11.8. The van der Waals surface area contributed by atoms with Crippen LogP contribution in [-0.4, -0.2) is 49.3 Å². The highest BCUT2D eigenvalue weighted by Crippen LogP contribution is 2.30. The minimum atomic E-state index is -0.506. The highest BCUT2D eigenvalue weighted by atomic mass is 16.6. The van der Waals surface area contributed by atoms with Gasteiger partial charge in [-0.05, 0) is 12.5 Å². The summed E-state index contributed by atoms with van der Waals surface area (Å²) in [4.78, 5) is 27.9. The third-order valence-corrected chi connectivity index (χ3v) is 3.30. The van der Waals surface area contributed by atoms with Crippen LogP contribution in [0.5, 0.6) is 0 Å². The third-order valence-electron chi connectivity index (χ3n) is 3.30. The van der Waals surface area contributed by atoms with E-state index in [0.29, 0.717) is 31.1 Å². The van der Waals surface area contributed by atoms with Crippen molar-refractivity contribution in [3.8, 4) is 0 Å². The zero-order valence-corrected chi connectivity index (χ0v) is 11.8. The van der Waals surface area contributed by atoms with Crippen LogP contribution in [0.25, 0.3) is 0 Å². The number of rotatable bonds is 4. The summed E-state index contributed by atoms with van der Waals surface area (Å²) >= 11 is 0. The van der Waals surface area contributed by atoms with Crippen LogP contribution in [0.1, 0.15) is 6.42 Å². The van der Waals surface area contributed by atoms with Crippen molar-refractivity contribution in [2.45, 2.75) is 12.5 Å². The van der Waals surface area contributed by atoms with Gasteiger partial charge in [-0.25, -0.2) is 9.78 Å². The number of nitrogens with zero attached hydrogens (tertiary/aromatic N) is 3. The van der Waals surface area contributed by atoms with Gasteiger partial charge in [-0.1, -0.05) is 0 Å². The fourth-order valence-corrected chi connectivity index (χ4v) is 2.25. The van der Waals surface area contributed by atoms with Gasteiger partial charge in [-0.3, -0.25) is 10.1 Å². The van der Waals surface area contributed by atoms with Crippen LogP contribution in [0.4, 0.5) is 22.1 Å². The fourth-order valence-electron chi connectivity index (χ4n) is 2.25. The molecule has 0 aromatic carbocycles. The first kappa shape index (κ1) is 14.8. The maximum absolute atomic E-state index is 11.2. The number of nitro groups is 1. The summed E-state index contributed by atoms with van der Waals surface area (Å²) in [6, 6.07) is 2.87. The molecule has 1 aromatic heterocycles. The van der Waals surface area contributed by atoms with E-state index in [1.54, 1.807) is 18.0 Å². The molecule has 1 amide bonds. The first-order chi connectivity index (χ1) is 10.0. The Morgan fingerprint density at radius 1 is 1.57 bits per heavy atom. The van der Waals surface area contributed by atoms with E-state index in [1.165, 1.54) is 13.2 Å².